The Morgan fingerprint density at radius 2 is 1.90 bits per heavy atom. The lowest BCUT2D eigenvalue weighted by Crippen LogP contribution is -2.51. The predicted molar refractivity (Wildman–Crippen MR) is 83.2 cm³/mol. The fraction of sp³-hybridized carbons (Fsp3) is 0.933. The fourth-order valence-electron chi connectivity index (χ4n) is 3.44. The Morgan fingerprint density at radius 3 is 2.35 bits per heavy atom. The van der Waals surface area contributed by atoms with Crippen molar-refractivity contribution in [3.63, 3.8) is 0 Å². The first-order chi connectivity index (χ1) is 9.16. The van der Waals surface area contributed by atoms with Crippen molar-refractivity contribution in [2.24, 2.45) is 10.8 Å². The molecule has 0 aromatic rings. The molecule has 1 saturated carbocycles. The van der Waals surface area contributed by atoms with Gasteiger partial charge in [-0.15, -0.1) is 12.4 Å². The summed E-state index contributed by atoms with van der Waals surface area (Å²) in [5.74, 6) is 0.273. The summed E-state index contributed by atoms with van der Waals surface area (Å²) in [6.07, 6.45) is 6.47. The number of methoxy groups -OCH3 is 1. The molecule has 1 heterocycles. The van der Waals surface area contributed by atoms with Crippen LogP contribution in [-0.4, -0.2) is 39.3 Å². The molecule has 0 spiro atoms. The number of ether oxygens (including phenoxy) is 1. The Morgan fingerprint density at radius 1 is 1.25 bits per heavy atom. The summed E-state index contributed by atoms with van der Waals surface area (Å²) in [4.78, 5) is 12.4. The average molecular weight is 305 g/mol. The van der Waals surface area contributed by atoms with Crippen LogP contribution in [0.5, 0.6) is 0 Å². The minimum atomic E-state index is -0.0544. The summed E-state index contributed by atoms with van der Waals surface area (Å²) >= 11 is 0. The standard InChI is InChI=1S/C15H28N2O2.ClH/c1-3-15(5-4-6-15)13(18)17-11-14(12-19-2)7-9-16-10-8-14;/h16H,3-12H2,1-2H3,(H,17,18);1H. The molecule has 2 rings (SSSR count). The van der Waals surface area contributed by atoms with Crippen LogP contribution in [0.2, 0.25) is 0 Å². The SMILES string of the molecule is CCC1(C(=O)NCC2(COC)CCNCC2)CCC1.Cl. The lowest BCUT2D eigenvalue weighted by Gasteiger charge is -2.42. The molecule has 20 heavy (non-hydrogen) atoms. The summed E-state index contributed by atoms with van der Waals surface area (Å²) < 4.78 is 5.39. The first-order valence-corrected chi connectivity index (χ1v) is 7.64. The summed E-state index contributed by atoms with van der Waals surface area (Å²) in [6, 6.07) is 0. The van der Waals surface area contributed by atoms with Gasteiger partial charge in [0.05, 0.1) is 6.61 Å². The first kappa shape index (κ1) is 17.7. The van der Waals surface area contributed by atoms with Gasteiger partial charge in [0.2, 0.25) is 5.91 Å². The highest BCUT2D eigenvalue weighted by Crippen LogP contribution is 2.44. The summed E-state index contributed by atoms with van der Waals surface area (Å²) in [7, 11) is 1.76. The molecule has 1 aliphatic carbocycles. The van der Waals surface area contributed by atoms with E-state index in [1.807, 2.05) is 0 Å². The molecule has 1 saturated heterocycles. The van der Waals surface area contributed by atoms with E-state index in [1.54, 1.807) is 7.11 Å². The zero-order valence-electron chi connectivity index (χ0n) is 12.8. The van der Waals surface area contributed by atoms with Crippen LogP contribution in [0.15, 0.2) is 0 Å². The number of amides is 1. The summed E-state index contributed by atoms with van der Waals surface area (Å²) in [5.41, 5.74) is 0.0789. The third kappa shape index (κ3) is 3.66. The Bertz CT molecular complexity index is 302. The molecule has 4 nitrogen and oxygen atoms in total. The number of carbonyl (C=O) groups excluding carboxylic acids is 1. The Hall–Kier alpha value is -0.320. The van der Waals surface area contributed by atoms with Crippen LogP contribution in [0.4, 0.5) is 0 Å². The maximum absolute atomic E-state index is 12.4. The van der Waals surface area contributed by atoms with E-state index in [2.05, 4.69) is 17.6 Å². The average Bonchev–Trinajstić information content (AvgIpc) is 2.37. The Balaban J connectivity index is 0.00000200. The van der Waals surface area contributed by atoms with E-state index in [-0.39, 0.29) is 29.1 Å². The van der Waals surface area contributed by atoms with Gasteiger partial charge in [0.15, 0.2) is 0 Å². The molecule has 2 fully saturated rings. The second kappa shape index (κ2) is 7.62. The van der Waals surface area contributed by atoms with Gasteiger partial charge in [-0.25, -0.2) is 0 Å². The van der Waals surface area contributed by atoms with Gasteiger partial charge in [-0.3, -0.25) is 4.79 Å². The molecule has 0 aromatic carbocycles. The molecule has 0 radical (unpaired) electrons. The van der Waals surface area contributed by atoms with Gasteiger partial charge in [-0.2, -0.15) is 0 Å². The second-order valence-corrected chi connectivity index (χ2v) is 6.35. The van der Waals surface area contributed by atoms with E-state index in [0.29, 0.717) is 0 Å². The van der Waals surface area contributed by atoms with Gasteiger partial charge < -0.3 is 15.4 Å². The quantitative estimate of drug-likeness (QED) is 0.790. The normalized spacial score (nSPS) is 23.3. The number of carbonyl (C=O) groups is 1. The molecule has 0 unspecified atom stereocenters. The van der Waals surface area contributed by atoms with Crippen LogP contribution in [0.1, 0.15) is 45.4 Å². The molecular formula is C15H29ClN2O2. The maximum atomic E-state index is 12.4. The molecule has 0 bridgehead atoms. The number of hydrogen-bond donors (Lipinski definition) is 2. The van der Waals surface area contributed by atoms with Crippen LogP contribution in [0.3, 0.4) is 0 Å². The van der Waals surface area contributed by atoms with Crippen LogP contribution < -0.4 is 10.6 Å². The van der Waals surface area contributed by atoms with Gasteiger partial charge >= 0.3 is 0 Å². The van der Waals surface area contributed by atoms with Crippen molar-refractivity contribution < 1.29 is 9.53 Å². The van der Waals surface area contributed by atoms with Gasteiger partial charge in [-0.1, -0.05) is 13.3 Å². The second-order valence-electron chi connectivity index (χ2n) is 6.35. The van der Waals surface area contributed by atoms with E-state index in [1.165, 1.54) is 6.42 Å². The van der Waals surface area contributed by atoms with E-state index in [4.69, 9.17) is 4.74 Å². The van der Waals surface area contributed by atoms with Crippen molar-refractivity contribution in [3.05, 3.63) is 0 Å². The van der Waals surface area contributed by atoms with Crippen molar-refractivity contribution in [1.29, 1.82) is 0 Å². The highest BCUT2D eigenvalue weighted by molar-refractivity contribution is 5.85. The predicted octanol–water partition coefficient (Wildman–Crippen LogP) is 2.12. The molecule has 2 N–H and O–H groups in total. The largest absolute Gasteiger partial charge is 0.384 e. The minimum absolute atomic E-state index is 0. The van der Waals surface area contributed by atoms with Gasteiger partial charge in [0.25, 0.3) is 0 Å². The monoisotopic (exact) mass is 304 g/mol. The molecule has 1 amide bonds. The summed E-state index contributed by atoms with van der Waals surface area (Å²) in [6.45, 7) is 5.70. The Kier molecular flexibility index (Phi) is 6.76. The molecule has 5 heteroatoms. The van der Waals surface area contributed by atoms with E-state index >= 15 is 0 Å². The summed E-state index contributed by atoms with van der Waals surface area (Å²) in [5, 5.41) is 6.61. The molecule has 118 valence electrons. The molecular weight excluding hydrogens is 276 g/mol. The number of nitrogens with one attached hydrogen (secondary N) is 2. The lowest BCUT2D eigenvalue weighted by atomic mass is 9.66. The van der Waals surface area contributed by atoms with Crippen molar-refractivity contribution in [1.82, 2.24) is 10.6 Å². The van der Waals surface area contributed by atoms with Crippen molar-refractivity contribution in [3.8, 4) is 0 Å². The van der Waals surface area contributed by atoms with Gasteiger partial charge in [-0.05, 0) is 45.2 Å². The van der Waals surface area contributed by atoms with E-state index in [9.17, 15) is 4.79 Å². The van der Waals surface area contributed by atoms with Crippen LogP contribution in [-0.2, 0) is 9.53 Å². The smallest absolute Gasteiger partial charge is 0.226 e. The zero-order valence-corrected chi connectivity index (χ0v) is 13.6. The molecule has 0 atom stereocenters. The number of hydrogen-bond acceptors (Lipinski definition) is 3. The first-order valence-electron chi connectivity index (χ1n) is 7.64. The van der Waals surface area contributed by atoms with Crippen LogP contribution >= 0.6 is 12.4 Å². The van der Waals surface area contributed by atoms with Gasteiger partial charge in [0, 0.05) is 24.5 Å². The molecule has 2 aliphatic rings. The third-order valence-corrected chi connectivity index (χ3v) is 5.21. The lowest BCUT2D eigenvalue weighted by molar-refractivity contribution is -0.137. The minimum Gasteiger partial charge on any atom is -0.384 e. The van der Waals surface area contributed by atoms with E-state index in [0.717, 1.165) is 58.3 Å². The van der Waals surface area contributed by atoms with Gasteiger partial charge in [0.1, 0.15) is 0 Å². The fourth-order valence-corrected chi connectivity index (χ4v) is 3.44. The van der Waals surface area contributed by atoms with Crippen molar-refractivity contribution in [2.75, 3.05) is 33.4 Å². The van der Waals surface area contributed by atoms with E-state index < -0.39 is 0 Å². The van der Waals surface area contributed by atoms with Crippen LogP contribution in [0.25, 0.3) is 0 Å². The molecule has 0 aromatic heterocycles. The Labute approximate surface area is 128 Å². The van der Waals surface area contributed by atoms with Crippen molar-refractivity contribution >= 4 is 18.3 Å². The highest BCUT2D eigenvalue weighted by Gasteiger charge is 2.43. The highest BCUT2D eigenvalue weighted by atomic mass is 35.5. The topological polar surface area (TPSA) is 50.4 Å². The third-order valence-electron chi connectivity index (χ3n) is 5.21. The maximum Gasteiger partial charge on any atom is 0.226 e. The number of piperidine rings is 1. The zero-order chi connectivity index (χ0) is 13.8. The number of rotatable bonds is 6. The van der Waals surface area contributed by atoms with Crippen LogP contribution in [0, 0.1) is 10.8 Å². The van der Waals surface area contributed by atoms with Crippen molar-refractivity contribution in [2.45, 2.75) is 45.4 Å². The molecule has 1 aliphatic heterocycles. The number of halogens is 1.